The molecule has 1 N–H and O–H groups in total. The summed E-state index contributed by atoms with van der Waals surface area (Å²) in [6, 6.07) is 11.4. The van der Waals surface area contributed by atoms with Gasteiger partial charge >= 0.3 is 0 Å². The van der Waals surface area contributed by atoms with Gasteiger partial charge in [0.05, 0.1) is 0 Å². The number of hydrogen-bond acceptors (Lipinski definition) is 2. The molecule has 0 amide bonds. The van der Waals surface area contributed by atoms with Crippen molar-refractivity contribution in [1.82, 2.24) is 0 Å². The van der Waals surface area contributed by atoms with Crippen LogP contribution in [0.1, 0.15) is 15.9 Å². The Morgan fingerprint density at radius 1 is 1.00 bits per heavy atom. The van der Waals surface area contributed by atoms with E-state index >= 15 is 0 Å². The van der Waals surface area contributed by atoms with Crippen molar-refractivity contribution in [3.8, 4) is 5.75 Å². The van der Waals surface area contributed by atoms with Crippen LogP contribution < -0.4 is 0 Å². The summed E-state index contributed by atoms with van der Waals surface area (Å²) in [7, 11) is 0. The van der Waals surface area contributed by atoms with Crippen LogP contribution in [0, 0.1) is 5.82 Å². The van der Waals surface area contributed by atoms with Gasteiger partial charge in [-0.25, -0.2) is 4.39 Å². The fraction of sp³-hybridized carbons (Fsp3) is 0. The molecule has 0 aromatic heterocycles. The molecule has 0 saturated heterocycles. The van der Waals surface area contributed by atoms with E-state index in [9.17, 15) is 14.3 Å². The molecule has 2 aromatic carbocycles. The summed E-state index contributed by atoms with van der Waals surface area (Å²) >= 11 is 0. The van der Waals surface area contributed by atoms with Crippen LogP contribution in [0.5, 0.6) is 5.75 Å². The molecule has 0 atom stereocenters. The van der Waals surface area contributed by atoms with Crippen LogP contribution in [0.4, 0.5) is 4.39 Å². The Labute approximate surface area is 92.0 Å². The molecule has 3 heteroatoms. The largest absolute Gasteiger partial charge is 0.508 e. The first-order valence-electron chi connectivity index (χ1n) is 4.76. The van der Waals surface area contributed by atoms with Gasteiger partial charge in [-0.3, -0.25) is 4.79 Å². The summed E-state index contributed by atoms with van der Waals surface area (Å²) in [5.41, 5.74) is 0.776. The molecule has 0 radical (unpaired) electrons. The maximum atomic E-state index is 12.7. The molecule has 16 heavy (non-hydrogen) atoms. The van der Waals surface area contributed by atoms with E-state index < -0.39 is 0 Å². The van der Waals surface area contributed by atoms with Crippen molar-refractivity contribution < 1.29 is 14.3 Å². The number of phenols is 1. The molecule has 80 valence electrons. The van der Waals surface area contributed by atoms with E-state index in [2.05, 4.69) is 0 Å². The van der Waals surface area contributed by atoms with Gasteiger partial charge in [0.2, 0.25) is 0 Å². The number of ketones is 1. The zero-order chi connectivity index (χ0) is 11.5. The lowest BCUT2D eigenvalue weighted by molar-refractivity contribution is 0.103. The first kappa shape index (κ1) is 10.4. The van der Waals surface area contributed by atoms with Crippen molar-refractivity contribution in [3.05, 3.63) is 65.5 Å². The van der Waals surface area contributed by atoms with Gasteiger partial charge in [0.1, 0.15) is 11.6 Å². The Morgan fingerprint density at radius 2 is 1.69 bits per heavy atom. The maximum Gasteiger partial charge on any atom is 0.193 e. The van der Waals surface area contributed by atoms with Gasteiger partial charge in [0.25, 0.3) is 0 Å². The fourth-order valence-electron chi connectivity index (χ4n) is 1.42. The van der Waals surface area contributed by atoms with Crippen molar-refractivity contribution in [2.75, 3.05) is 0 Å². The first-order valence-corrected chi connectivity index (χ1v) is 4.76. The Kier molecular flexibility index (Phi) is 2.68. The predicted molar refractivity (Wildman–Crippen MR) is 57.9 cm³/mol. The summed E-state index contributed by atoms with van der Waals surface area (Å²) in [5.74, 6) is -0.587. The summed E-state index contributed by atoms with van der Waals surface area (Å²) in [6.07, 6.45) is 0. The van der Waals surface area contributed by atoms with Crippen LogP contribution in [0.15, 0.2) is 48.5 Å². The zero-order valence-corrected chi connectivity index (χ0v) is 8.35. The van der Waals surface area contributed by atoms with Gasteiger partial charge in [-0.1, -0.05) is 12.1 Å². The predicted octanol–water partition coefficient (Wildman–Crippen LogP) is 2.76. The van der Waals surface area contributed by atoms with Crippen LogP contribution in [0.3, 0.4) is 0 Å². The fourth-order valence-corrected chi connectivity index (χ4v) is 1.42. The first-order chi connectivity index (χ1) is 7.66. The van der Waals surface area contributed by atoms with Gasteiger partial charge in [-0.2, -0.15) is 0 Å². The van der Waals surface area contributed by atoms with E-state index in [4.69, 9.17) is 0 Å². The topological polar surface area (TPSA) is 37.3 Å². The third-order valence-corrected chi connectivity index (χ3v) is 2.21. The van der Waals surface area contributed by atoms with E-state index in [-0.39, 0.29) is 17.3 Å². The molecule has 0 saturated carbocycles. The van der Waals surface area contributed by atoms with Crippen molar-refractivity contribution >= 4 is 5.78 Å². The molecule has 2 nitrogen and oxygen atoms in total. The Balaban J connectivity index is 2.35. The second-order valence-corrected chi connectivity index (χ2v) is 3.39. The monoisotopic (exact) mass is 216 g/mol. The summed E-state index contributed by atoms with van der Waals surface area (Å²) < 4.78 is 12.7. The van der Waals surface area contributed by atoms with Gasteiger partial charge in [-0.15, -0.1) is 0 Å². The van der Waals surface area contributed by atoms with Crippen molar-refractivity contribution in [2.24, 2.45) is 0 Å². The molecule has 0 fully saturated rings. The van der Waals surface area contributed by atoms with E-state index in [0.717, 1.165) is 0 Å². The van der Waals surface area contributed by atoms with Crippen LogP contribution >= 0.6 is 0 Å². The van der Waals surface area contributed by atoms with E-state index in [0.29, 0.717) is 11.1 Å². The van der Waals surface area contributed by atoms with Gasteiger partial charge in [0.15, 0.2) is 5.78 Å². The van der Waals surface area contributed by atoms with Gasteiger partial charge < -0.3 is 5.11 Å². The average molecular weight is 216 g/mol. The number of benzene rings is 2. The van der Waals surface area contributed by atoms with Crippen LogP contribution in [0.25, 0.3) is 0 Å². The summed E-state index contributed by atoms with van der Waals surface area (Å²) in [6.45, 7) is 0. The second kappa shape index (κ2) is 4.14. The summed E-state index contributed by atoms with van der Waals surface area (Å²) in [4.78, 5) is 11.9. The van der Waals surface area contributed by atoms with E-state index in [1.165, 1.54) is 36.4 Å². The number of rotatable bonds is 2. The lowest BCUT2D eigenvalue weighted by Gasteiger charge is -2.01. The minimum absolute atomic E-state index is 0.0351. The third kappa shape index (κ3) is 2.08. The van der Waals surface area contributed by atoms with Gasteiger partial charge in [-0.05, 0) is 36.4 Å². The van der Waals surface area contributed by atoms with E-state index in [1.807, 2.05) is 0 Å². The molecule has 0 aliphatic heterocycles. The average Bonchev–Trinajstić information content (AvgIpc) is 2.29. The Bertz CT molecular complexity index is 518. The van der Waals surface area contributed by atoms with Gasteiger partial charge in [0, 0.05) is 11.1 Å². The highest BCUT2D eigenvalue weighted by Gasteiger charge is 2.09. The Hall–Kier alpha value is -2.16. The normalized spacial score (nSPS) is 10.1. The van der Waals surface area contributed by atoms with Crippen LogP contribution in [-0.2, 0) is 0 Å². The number of carbonyl (C=O) groups excluding carboxylic acids is 1. The smallest absolute Gasteiger partial charge is 0.193 e. The number of phenolic OH excluding ortho intramolecular Hbond substituents is 1. The molecule has 0 heterocycles. The quantitative estimate of drug-likeness (QED) is 0.784. The highest BCUT2D eigenvalue weighted by Crippen LogP contribution is 2.15. The lowest BCUT2D eigenvalue weighted by atomic mass is 10.0. The highest BCUT2D eigenvalue weighted by molar-refractivity contribution is 6.09. The van der Waals surface area contributed by atoms with Crippen molar-refractivity contribution in [3.63, 3.8) is 0 Å². The molecule has 0 spiro atoms. The molecule has 2 rings (SSSR count). The minimum atomic E-state index is -0.382. The molecule has 0 bridgehead atoms. The number of halogens is 1. The second-order valence-electron chi connectivity index (χ2n) is 3.39. The zero-order valence-electron chi connectivity index (χ0n) is 8.35. The summed E-state index contributed by atoms with van der Waals surface area (Å²) in [5, 5.41) is 9.24. The SMILES string of the molecule is O=C(c1ccc(F)cc1)c1cccc(O)c1. The van der Waals surface area contributed by atoms with Crippen LogP contribution in [0.2, 0.25) is 0 Å². The van der Waals surface area contributed by atoms with Crippen molar-refractivity contribution in [1.29, 1.82) is 0 Å². The highest BCUT2D eigenvalue weighted by atomic mass is 19.1. The van der Waals surface area contributed by atoms with Crippen LogP contribution in [-0.4, -0.2) is 10.9 Å². The lowest BCUT2D eigenvalue weighted by Crippen LogP contribution is -2.00. The minimum Gasteiger partial charge on any atom is -0.508 e. The molecule has 0 aliphatic carbocycles. The van der Waals surface area contributed by atoms with E-state index in [1.54, 1.807) is 12.1 Å². The number of aromatic hydroxyl groups is 1. The number of carbonyl (C=O) groups is 1. The third-order valence-electron chi connectivity index (χ3n) is 2.21. The number of hydrogen-bond donors (Lipinski definition) is 1. The molecule has 2 aromatic rings. The Morgan fingerprint density at radius 3 is 2.31 bits per heavy atom. The standard InChI is InChI=1S/C13H9FO2/c14-11-6-4-9(5-7-11)13(16)10-2-1-3-12(15)8-10/h1-8,15H. The molecular formula is C13H9FO2. The van der Waals surface area contributed by atoms with Crippen molar-refractivity contribution in [2.45, 2.75) is 0 Å². The molecule has 0 unspecified atom stereocenters. The molecule has 0 aliphatic rings. The molecular weight excluding hydrogens is 207 g/mol. The maximum absolute atomic E-state index is 12.7.